The summed E-state index contributed by atoms with van der Waals surface area (Å²) in [4.78, 5) is 1.81. The van der Waals surface area contributed by atoms with Gasteiger partial charge in [-0.1, -0.05) is 60.7 Å². The molecule has 0 aliphatic rings. The highest BCUT2D eigenvalue weighted by Gasteiger charge is 1.63. The second-order valence-corrected chi connectivity index (χ2v) is 3.57. The molecule has 0 aliphatic heterocycles. The van der Waals surface area contributed by atoms with Gasteiger partial charge < -0.3 is 37.6 Å². The fraction of sp³-hybridized carbons (Fsp3) is 0. The molecule has 2 nitrogen and oxygen atoms in total. The van der Waals surface area contributed by atoms with E-state index in [4.69, 9.17) is 25.3 Å². The lowest BCUT2D eigenvalue weighted by Crippen LogP contribution is -1.62. The van der Waals surface area contributed by atoms with Crippen LogP contribution in [0.3, 0.4) is 0 Å². The highest BCUT2D eigenvalue weighted by molar-refractivity contribution is 7.59. The van der Waals surface area contributed by atoms with Gasteiger partial charge in [-0.15, -0.1) is 0 Å². The first kappa shape index (κ1) is 17.2. The van der Waals surface area contributed by atoms with Crippen LogP contribution in [-0.4, -0.2) is 0 Å². The Morgan fingerprint density at radius 3 is 0.875 bits per heavy atom. The molecule has 4 heteroatoms. The molecule has 2 aromatic carbocycles. The minimum Gasteiger partial charge on any atom is -0.780 e. The van der Waals surface area contributed by atoms with Crippen molar-refractivity contribution in [3.8, 4) is 0 Å². The average Bonchev–Trinajstić information content (AvgIpc) is 2.21. The molecule has 88 valence electrons. The van der Waals surface area contributed by atoms with Crippen LogP contribution in [0.1, 0.15) is 0 Å². The Balaban J connectivity index is 0. The van der Waals surface area contributed by atoms with Gasteiger partial charge in [0.15, 0.2) is 0 Å². The first-order valence-electron chi connectivity index (χ1n) is 4.23. The summed E-state index contributed by atoms with van der Waals surface area (Å²) in [6.45, 7) is 0. The lowest BCUT2D eigenvalue weighted by molar-refractivity contribution is 1.48. The number of hydrogen-bond donors (Lipinski definition) is 2. The van der Waals surface area contributed by atoms with Crippen molar-refractivity contribution in [3.05, 3.63) is 60.7 Å². The molecule has 0 heterocycles. The minimum atomic E-state index is 0. The summed E-state index contributed by atoms with van der Waals surface area (Å²) in [5, 5.41) is 0. The summed E-state index contributed by atoms with van der Waals surface area (Å²) in [5.74, 6) is 0. The van der Waals surface area contributed by atoms with Crippen molar-refractivity contribution in [2.24, 2.45) is 0 Å². The van der Waals surface area contributed by atoms with Crippen molar-refractivity contribution in [2.45, 2.75) is 9.79 Å². The summed E-state index contributed by atoms with van der Waals surface area (Å²) in [5.41, 5.74) is 0. The molecule has 0 aliphatic carbocycles. The van der Waals surface area contributed by atoms with Crippen LogP contribution >= 0.6 is 0 Å². The van der Waals surface area contributed by atoms with Crippen LogP contribution in [0.4, 0.5) is 0 Å². The van der Waals surface area contributed by atoms with E-state index in [1.807, 2.05) is 60.7 Å². The van der Waals surface area contributed by atoms with Crippen molar-refractivity contribution in [1.29, 1.82) is 0 Å². The first-order valence-corrected chi connectivity index (χ1v) is 5.05. The molecule has 2 aromatic rings. The summed E-state index contributed by atoms with van der Waals surface area (Å²) >= 11 is 9.62. The molecular formula is C12H18N2S2. The van der Waals surface area contributed by atoms with Gasteiger partial charge in [-0.3, -0.25) is 0 Å². The van der Waals surface area contributed by atoms with Gasteiger partial charge in [0.1, 0.15) is 0 Å². The van der Waals surface area contributed by atoms with Gasteiger partial charge >= 0.3 is 0 Å². The quantitative estimate of drug-likeness (QED) is 0.699. The van der Waals surface area contributed by atoms with E-state index < -0.39 is 0 Å². The van der Waals surface area contributed by atoms with Crippen LogP contribution in [-0.2, 0) is 25.3 Å². The number of rotatable bonds is 0. The van der Waals surface area contributed by atoms with E-state index in [-0.39, 0.29) is 12.3 Å². The van der Waals surface area contributed by atoms with Crippen molar-refractivity contribution in [1.82, 2.24) is 12.3 Å². The van der Waals surface area contributed by atoms with Crippen molar-refractivity contribution in [3.63, 3.8) is 0 Å². The maximum absolute atomic E-state index is 4.81. The summed E-state index contributed by atoms with van der Waals surface area (Å²) in [6.07, 6.45) is 0. The zero-order chi connectivity index (χ0) is 10.2. The summed E-state index contributed by atoms with van der Waals surface area (Å²) < 4.78 is 0. The Labute approximate surface area is 108 Å². The molecule has 0 fully saturated rings. The third kappa shape index (κ3) is 8.14. The predicted molar refractivity (Wildman–Crippen MR) is 76.1 cm³/mol. The van der Waals surface area contributed by atoms with Gasteiger partial charge in [0.05, 0.1) is 0 Å². The van der Waals surface area contributed by atoms with Gasteiger partial charge in [-0.2, -0.15) is 9.79 Å². The van der Waals surface area contributed by atoms with Crippen molar-refractivity contribution >= 4 is 25.3 Å². The second-order valence-electron chi connectivity index (χ2n) is 2.63. The molecule has 2 rings (SSSR count). The summed E-state index contributed by atoms with van der Waals surface area (Å²) in [6, 6.07) is 19.2. The van der Waals surface area contributed by atoms with E-state index in [1.54, 1.807) is 0 Å². The molecule has 0 amide bonds. The largest absolute Gasteiger partial charge is 0.780 e. The second kappa shape index (κ2) is 10.3. The highest BCUT2D eigenvalue weighted by atomic mass is 32.1. The molecule has 0 atom stereocenters. The maximum atomic E-state index is 4.81. The van der Waals surface area contributed by atoms with Crippen molar-refractivity contribution in [2.75, 3.05) is 0 Å². The molecule has 0 spiro atoms. The van der Waals surface area contributed by atoms with E-state index in [1.165, 1.54) is 0 Å². The lowest BCUT2D eigenvalue weighted by atomic mass is 10.4. The molecular weight excluding hydrogens is 236 g/mol. The first-order chi connectivity index (χ1) is 6.79. The molecule has 16 heavy (non-hydrogen) atoms. The van der Waals surface area contributed by atoms with Crippen LogP contribution in [0.5, 0.6) is 0 Å². The molecule has 0 unspecified atom stereocenters. The molecule has 0 saturated carbocycles. The van der Waals surface area contributed by atoms with Crippen molar-refractivity contribution < 1.29 is 0 Å². The SMILES string of the molecule is [NH4+].[NH4+].[S-]c1ccccc1.[S-]c1ccccc1. The minimum absolute atomic E-state index is 0. The third-order valence-corrected chi connectivity index (χ3v) is 2.03. The van der Waals surface area contributed by atoms with E-state index in [0.717, 1.165) is 9.79 Å². The Hall–Kier alpha value is -1.20. The van der Waals surface area contributed by atoms with Crippen LogP contribution in [0.25, 0.3) is 0 Å². The Morgan fingerprint density at radius 1 is 0.500 bits per heavy atom. The molecule has 0 aromatic heterocycles. The third-order valence-electron chi connectivity index (χ3n) is 1.49. The van der Waals surface area contributed by atoms with Crippen LogP contribution in [0.15, 0.2) is 70.5 Å². The van der Waals surface area contributed by atoms with Gasteiger partial charge in [0.25, 0.3) is 0 Å². The number of benzene rings is 2. The molecule has 8 N–H and O–H groups in total. The van der Waals surface area contributed by atoms with Crippen LogP contribution in [0.2, 0.25) is 0 Å². The topological polar surface area (TPSA) is 73.0 Å². The monoisotopic (exact) mass is 254 g/mol. The highest BCUT2D eigenvalue weighted by Crippen LogP contribution is 1.93. The van der Waals surface area contributed by atoms with E-state index in [0.29, 0.717) is 0 Å². The maximum Gasteiger partial charge on any atom is -0.0624 e. The smallest absolute Gasteiger partial charge is 0.0624 e. The standard InChI is InChI=1S/2C6H6S.2H3N/c2*7-6-4-2-1-3-5-6;;/h2*1-5,7H;2*1H3. The Bertz CT molecular complexity index is 314. The van der Waals surface area contributed by atoms with Crippen LogP contribution in [0, 0.1) is 0 Å². The summed E-state index contributed by atoms with van der Waals surface area (Å²) in [7, 11) is 0. The lowest BCUT2D eigenvalue weighted by Gasteiger charge is -1.98. The zero-order valence-corrected chi connectivity index (χ0v) is 11.2. The zero-order valence-electron chi connectivity index (χ0n) is 9.59. The van der Waals surface area contributed by atoms with Gasteiger partial charge in [-0.25, -0.2) is 0 Å². The predicted octanol–water partition coefficient (Wildman–Crippen LogP) is 3.94. The van der Waals surface area contributed by atoms with E-state index in [9.17, 15) is 0 Å². The molecule has 0 saturated heterocycles. The Morgan fingerprint density at radius 2 is 0.750 bits per heavy atom. The number of quaternary nitrogens is 2. The fourth-order valence-electron chi connectivity index (χ4n) is 0.841. The number of hydrogen-bond acceptors (Lipinski definition) is 2. The van der Waals surface area contributed by atoms with E-state index >= 15 is 0 Å². The molecule has 0 bridgehead atoms. The normalized spacial score (nSPS) is 7.50. The van der Waals surface area contributed by atoms with Crippen LogP contribution < -0.4 is 12.3 Å². The Kier molecular flexibility index (Phi) is 11.1. The van der Waals surface area contributed by atoms with E-state index in [2.05, 4.69) is 0 Å². The van der Waals surface area contributed by atoms with Gasteiger partial charge in [-0.05, 0) is 0 Å². The fourth-order valence-corrected chi connectivity index (χ4v) is 1.16. The molecule has 0 radical (unpaired) electrons. The van der Waals surface area contributed by atoms with Gasteiger partial charge in [0.2, 0.25) is 0 Å². The van der Waals surface area contributed by atoms with Gasteiger partial charge in [0, 0.05) is 0 Å². The average molecular weight is 254 g/mol.